The number of aliphatic hydroxyl groups is 1. The Balaban J connectivity index is 1.93. The van der Waals surface area contributed by atoms with Crippen LogP contribution in [0.4, 0.5) is 13.2 Å². The number of H-pyrrole nitrogens is 1. The lowest BCUT2D eigenvalue weighted by Crippen LogP contribution is -2.38. The Hall–Kier alpha value is -2.15. The van der Waals surface area contributed by atoms with Crippen molar-refractivity contribution in [3.05, 3.63) is 35.0 Å². The zero-order valence-electron chi connectivity index (χ0n) is 12.4. The summed E-state index contributed by atoms with van der Waals surface area (Å²) in [6, 6.07) is 3.19. The van der Waals surface area contributed by atoms with E-state index in [2.05, 4.69) is 10.2 Å². The molecule has 5 rings (SSSR count). The number of Topliss-reactive ketones (excluding diaryl/α,β-unsaturated/α-hetero) is 1. The van der Waals surface area contributed by atoms with Crippen LogP contribution in [0.3, 0.4) is 0 Å². The number of carbonyl (C=O) groups is 1. The van der Waals surface area contributed by atoms with Crippen molar-refractivity contribution in [3.63, 3.8) is 0 Å². The second-order valence-corrected chi connectivity index (χ2v) is 6.96. The molecule has 0 radical (unpaired) electrons. The van der Waals surface area contributed by atoms with E-state index in [-0.39, 0.29) is 17.8 Å². The van der Waals surface area contributed by atoms with Crippen molar-refractivity contribution in [2.45, 2.75) is 31.5 Å². The molecular formula is C17H13F3N2O2. The minimum absolute atomic E-state index is 0.000602. The molecule has 2 bridgehead atoms. The lowest BCUT2D eigenvalue weighted by atomic mass is 9.70. The van der Waals surface area contributed by atoms with Crippen LogP contribution < -0.4 is 0 Å². The highest BCUT2D eigenvalue weighted by atomic mass is 19.4. The molecule has 124 valence electrons. The van der Waals surface area contributed by atoms with E-state index in [1.165, 1.54) is 6.20 Å². The number of nitrogens with one attached hydrogen (secondary N) is 1. The Labute approximate surface area is 134 Å². The van der Waals surface area contributed by atoms with E-state index >= 15 is 0 Å². The topological polar surface area (TPSA) is 66.0 Å². The fourth-order valence-electron chi connectivity index (χ4n) is 4.96. The fraction of sp³-hybridized carbons (Fsp3) is 0.412. The molecule has 4 nitrogen and oxygen atoms in total. The van der Waals surface area contributed by atoms with Gasteiger partial charge in [-0.1, -0.05) is 6.07 Å². The molecule has 7 heteroatoms. The second kappa shape index (κ2) is 4.08. The summed E-state index contributed by atoms with van der Waals surface area (Å²) in [6.07, 6.45) is -3.66. The number of nitrogens with zero attached hydrogens (tertiary/aromatic N) is 1. The summed E-state index contributed by atoms with van der Waals surface area (Å²) in [7, 11) is 0. The predicted molar refractivity (Wildman–Crippen MR) is 79.2 cm³/mol. The summed E-state index contributed by atoms with van der Waals surface area (Å²) in [4.78, 5) is 13.2. The van der Waals surface area contributed by atoms with Gasteiger partial charge in [0, 0.05) is 10.9 Å². The van der Waals surface area contributed by atoms with Gasteiger partial charge >= 0.3 is 6.18 Å². The molecule has 2 aromatic rings. The summed E-state index contributed by atoms with van der Waals surface area (Å²) in [5.74, 6) is -0.765. The number of rotatable bonds is 0. The van der Waals surface area contributed by atoms with Gasteiger partial charge in [-0.05, 0) is 42.4 Å². The smallest absolute Gasteiger partial charge is 0.388 e. The molecule has 1 saturated carbocycles. The number of allylic oxidation sites excluding steroid dienone is 1. The molecule has 24 heavy (non-hydrogen) atoms. The maximum atomic E-state index is 13.7. The number of halogens is 3. The van der Waals surface area contributed by atoms with Crippen LogP contribution in [0.1, 0.15) is 35.2 Å². The van der Waals surface area contributed by atoms with Crippen LogP contribution in [-0.2, 0) is 0 Å². The lowest BCUT2D eigenvalue weighted by molar-refractivity contribution is -0.110. The Morgan fingerprint density at radius 3 is 2.88 bits per heavy atom. The second-order valence-electron chi connectivity index (χ2n) is 6.96. The molecule has 1 heterocycles. The predicted octanol–water partition coefficient (Wildman–Crippen LogP) is 3.24. The molecule has 0 aliphatic heterocycles. The van der Waals surface area contributed by atoms with Crippen LogP contribution in [0.15, 0.2) is 23.9 Å². The number of aromatic nitrogens is 2. The molecule has 1 spiro atoms. The summed E-state index contributed by atoms with van der Waals surface area (Å²) >= 11 is 0. The van der Waals surface area contributed by atoms with Crippen molar-refractivity contribution < 1.29 is 23.1 Å². The highest BCUT2D eigenvalue weighted by Gasteiger charge is 2.63. The van der Waals surface area contributed by atoms with E-state index < -0.39 is 29.2 Å². The van der Waals surface area contributed by atoms with Gasteiger partial charge in [-0.3, -0.25) is 9.89 Å². The monoisotopic (exact) mass is 334 g/mol. The largest absolute Gasteiger partial charge is 0.415 e. The van der Waals surface area contributed by atoms with Gasteiger partial charge in [-0.2, -0.15) is 18.3 Å². The first kappa shape index (κ1) is 14.2. The number of hydrogen-bond donors (Lipinski definition) is 2. The van der Waals surface area contributed by atoms with Gasteiger partial charge in [0.15, 0.2) is 5.78 Å². The Kier molecular flexibility index (Phi) is 2.42. The molecular weight excluding hydrogens is 321 g/mol. The highest BCUT2D eigenvalue weighted by molar-refractivity contribution is 6.23. The molecule has 3 aliphatic carbocycles. The lowest BCUT2D eigenvalue weighted by Gasteiger charge is -2.35. The van der Waals surface area contributed by atoms with Crippen LogP contribution in [-0.4, -0.2) is 33.4 Å². The zero-order chi connectivity index (χ0) is 16.9. The first-order chi connectivity index (χ1) is 11.3. The van der Waals surface area contributed by atoms with E-state index in [0.29, 0.717) is 34.9 Å². The average molecular weight is 334 g/mol. The summed E-state index contributed by atoms with van der Waals surface area (Å²) in [5.41, 5.74) is -0.817. The third kappa shape index (κ3) is 1.45. The van der Waals surface area contributed by atoms with Crippen molar-refractivity contribution in [1.29, 1.82) is 0 Å². The van der Waals surface area contributed by atoms with Crippen molar-refractivity contribution in [1.82, 2.24) is 10.2 Å². The van der Waals surface area contributed by atoms with Gasteiger partial charge in [-0.25, -0.2) is 0 Å². The van der Waals surface area contributed by atoms with Crippen LogP contribution in [0.25, 0.3) is 16.5 Å². The van der Waals surface area contributed by atoms with Crippen molar-refractivity contribution in [2.24, 2.45) is 11.3 Å². The fourth-order valence-corrected chi connectivity index (χ4v) is 4.96. The average Bonchev–Trinajstić information content (AvgIpc) is 3.18. The van der Waals surface area contributed by atoms with Crippen molar-refractivity contribution in [3.8, 4) is 0 Å². The quantitative estimate of drug-likeness (QED) is 0.777. The van der Waals surface area contributed by atoms with Gasteiger partial charge in [-0.15, -0.1) is 0 Å². The first-order valence-electron chi connectivity index (χ1n) is 7.86. The van der Waals surface area contributed by atoms with E-state index in [4.69, 9.17) is 0 Å². The van der Waals surface area contributed by atoms with E-state index in [0.717, 1.165) is 0 Å². The summed E-state index contributed by atoms with van der Waals surface area (Å²) < 4.78 is 41.2. The number of benzene rings is 1. The van der Waals surface area contributed by atoms with E-state index in [1.807, 2.05) is 0 Å². The Morgan fingerprint density at radius 2 is 2.12 bits per heavy atom. The number of carbonyl (C=O) groups excluding carboxylic acids is 1. The maximum Gasteiger partial charge on any atom is 0.415 e. The van der Waals surface area contributed by atoms with Crippen molar-refractivity contribution in [2.75, 3.05) is 0 Å². The van der Waals surface area contributed by atoms with E-state index in [9.17, 15) is 23.1 Å². The Morgan fingerprint density at radius 1 is 1.33 bits per heavy atom. The summed E-state index contributed by atoms with van der Waals surface area (Å²) in [5, 5.41) is 17.5. The molecule has 0 unspecified atom stereocenters. The van der Waals surface area contributed by atoms with Crippen LogP contribution in [0, 0.1) is 11.3 Å². The van der Waals surface area contributed by atoms with Gasteiger partial charge < -0.3 is 5.11 Å². The molecule has 3 aliphatic rings. The first-order valence-corrected chi connectivity index (χ1v) is 7.86. The number of aromatic amines is 1. The van der Waals surface area contributed by atoms with Crippen LogP contribution in [0.2, 0.25) is 0 Å². The highest BCUT2D eigenvalue weighted by Crippen LogP contribution is 2.65. The van der Waals surface area contributed by atoms with Gasteiger partial charge in [0.05, 0.1) is 28.8 Å². The Bertz CT molecular complexity index is 943. The van der Waals surface area contributed by atoms with Gasteiger partial charge in [0.25, 0.3) is 0 Å². The van der Waals surface area contributed by atoms with Crippen LogP contribution >= 0.6 is 0 Å². The normalized spacial score (nSPS) is 31.8. The number of fused-ring (bicyclic) bond motifs is 5. The van der Waals surface area contributed by atoms with E-state index in [1.54, 1.807) is 12.1 Å². The van der Waals surface area contributed by atoms with Gasteiger partial charge in [0.2, 0.25) is 0 Å². The number of ketones is 1. The molecule has 0 amide bonds. The maximum absolute atomic E-state index is 13.7. The minimum atomic E-state index is -4.66. The minimum Gasteiger partial charge on any atom is -0.388 e. The number of alkyl halides is 3. The number of aliphatic hydroxyl groups excluding tert-OH is 1. The third-order valence-corrected chi connectivity index (χ3v) is 5.90. The standard InChI is InChI=1S/C17H13F3N2O2/c18-17(19,20)13-12-8-1-2-10-9(6-21-22-10)11(8)15(24)16(12)4-3-7(5-16)14(13)23/h1-2,6-7,14,23H,3-5H2,(H,21,22)/t7-,14-,16-/m1/s1. The molecule has 2 N–H and O–H groups in total. The zero-order valence-corrected chi connectivity index (χ0v) is 12.4. The SMILES string of the molecule is O=C1c2c(ccc3[nH]ncc23)C2=C(C(F)(F)F)[C@H](O)[C@@H]3CC[C@]12C3. The molecule has 1 fully saturated rings. The molecule has 3 atom stereocenters. The van der Waals surface area contributed by atoms with Crippen LogP contribution in [0.5, 0.6) is 0 Å². The molecule has 0 saturated heterocycles. The molecule has 1 aromatic heterocycles. The molecule has 1 aromatic carbocycles. The van der Waals surface area contributed by atoms with Crippen molar-refractivity contribution >= 4 is 22.3 Å². The number of hydrogen-bond acceptors (Lipinski definition) is 3. The third-order valence-electron chi connectivity index (χ3n) is 5.90. The summed E-state index contributed by atoms with van der Waals surface area (Å²) in [6.45, 7) is 0. The van der Waals surface area contributed by atoms with Gasteiger partial charge in [0.1, 0.15) is 0 Å².